The second-order valence-corrected chi connectivity index (χ2v) is 5.74. The van der Waals surface area contributed by atoms with Crippen molar-refractivity contribution in [1.29, 1.82) is 10.5 Å². The normalized spacial score (nSPS) is 20.5. The van der Waals surface area contributed by atoms with Gasteiger partial charge >= 0.3 is 5.97 Å². The zero-order valence-electron chi connectivity index (χ0n) is 12.2. The molecule has 0 spiro atoms. The van der Waals surface area contributed by atoms with Crippen LogP contribution in [-0.2, 0) is 9.53 Å². The lowest BCUT2D eigenvalue weighted by atomic mass is 9.87. The summed E-state index contributed by atoms with van der Waals surface area (Å²) in [4.78, 5) is 13.8. The van der Waals surface area contributed by atoms with Gasteiger partial charge in [-0.3, -0.25) is 0 Å². The highest BCUT2D eigenvalue weighted by atomic mass is 79.9. The minimum Gasteiger partial charge on any atom is -0.464 e. The molecule has 2 unspecified atom stereocenters. The van der Waals surface area contributed by atoms with E-state index in [1.165, 1.54) is 4.90 Å². The van der Waals surface area contributed by atoms with Crippen LogP contribution < -0.4 is 0 Å². The number of rotatable bonds is 3. The van der Waals surface area contributed by atoms with Crippen molar-refractivity contribution in [2.24, 2.45) is 0 Å². The van der Waals surface area contributed by atoms with Crippen LogP contribution in [0.5, 0.6) is 0 Å². The summed E-state index contributed by atoms with van der Waals surface area (Å²) in [5, 5.41) is 18.8. The van der Waals surface area contributed by atoms with Crippen molar-refractivity contribution in [2.75, 3.05) is 13.7 Å². The summed E-state index contributed by atoms with van der Waals surface area (Å²) in [5.41, 5.74) is 1.31. The van der Waals surface area contributed by atoms with E-state index in [1.54, 1.807) is 14.0 Å². The molecule has 1 aliphatic rings. The number of likely N-dealkylation sites (N-methyl/N-ethyl adjacent to an activating group) is 1. The second kappa shape index (κ2) is 6.64. The number of ether oxygens (including phenoxy) is 1. The molecule has 5 nitrogen and oxygen atoms in total. The molecule has 1 aliphatic heterocycles. The van der Waals surface area contributed by atoms with Crippen molar-refractivity contribution in [2.45, 2.75) is 18.9 Å². The fourth-order valence-corrected chi connectivity index (χ4v) is 2.92. The number of hydrogen-bond donors (Lipinski definition) is 0. The van der Waals surface area contributed by atoms with E-state index in [-0.39, 0.29) is 12.3 Å². The maximum Gasteiger partial charge on any atom is 0.329 e. The molecule has 0 bridgehead atoms. The van der Waals surface area contributed by atoms with Crippen LogP contribution in [0.1, 0.15) is 18.4 Å². The monoisotopic (exact) mass is 359 g/mol. The van der Waals surface area contributed by atoms with E-state index in [4.69, 9.17) is 4.74 Å². The van der Waals surface area contributed by atoms with Gasteiger partial charge in [-0.05, 0) is 24.6 Å². The average Bonchev–Trinajstić information content (AvgIpc) is 2.80. The summed E-state index contributed by atoms with van der Waals surface area (Å²) in [6.07, 6.45) is 0. The van der Waals surface area contributed by atoms with Crippen LogP contribution in [0, 0.1) is 22.7 Å². The van der Waals surface area contributed by atoms with Crippen molar-refractivity contribution in [3.8, 4) is 12.1 Å². The summed E-state index contributed by atoms with van der Waals surface area (Å²) in [5.74, 6) is -0.937. The van der Waals surface area contributed by atoms with Crippen molar-refractivity contribution in [3.63, 3.8) is 0 Å². The lowest BCUT2D eigenvalue weighted by molar-refractivity contribution is -0.148. The number of halogens is 1. The fourth-order valence-electron chi connectivity index (χ4n) is 2.66. The van der Waals surface area contributed by atoms with E-state index in [0.717, 1.165) is 10.0 Å². The van der Waals surface area contributed by atoms with Crippen molar-refractivity contribution < 1.29 is 9.53 Å². The van der Waals surface area contributed by atoms with Crippen LogP contribution in [-0.4, -0.2) is 30.6 Å². The van der Waals surface area contributed by atoms with Crippen LogP contribution in [0.3, 0.4) is 0 Å². The minimum absolute atomic E-state index is 0.216. The van der Waals surface area contributed by atoms with E-state index in [9.17, 15) is 15.3 Å². The zero-order chi connectivity index (χ0) is 16.3. The second-order valence-electron chi connectivity index (χ2n) is 4.82. The maximum absolute atomic E-state index is 12.3. The molecule has 0 saturated carbocycles. The molecule has 0 aromatic heterocycles. The van der Waals surface area contributed by atoms with Gasteiger partial charge in [-0.2, -0.15) is 10.5 Å². The first kappa shape index (κ1) is 16.1. The molecule has 2 atom stereocenters. The molecule has 22 heavy (non-hydrogen) atoms. The third-order valence-corrected chi connectivity index (χ3v) is 4.16. The summed E-state index contributed by atoms with van der Waals surface area (Å²) in [6.45, 7) is 1.98. The molecule has 0 aliphatic carbocycles. The van der Waals surface area contributed by atoms with Crippen LogP contribution in [0.4, 0.5) is 0 Å². The Morgan fingerprint density at radius 3 is 2.45 bits per heavy atom. The summed E-state index contributed by atoms with van der Waals surface area (Å²) < 4.78 is 6.02. The SMILES string of the molecule is CCOC(=O)C1C(c2ccc(Br)cc2)C(C#N)=C(C#N)N1C. The molecule has 0 saturated heterocycles. The molecule has 0 radical (unpaired) electrons. The van der Waals surface area contributed by atoms with E-state index in [0.29, 0.717) is 5.57 Å². The van der Waals surface area contributed by atoms with Gasteiger partial charge in [0.15, 0.2) is 0 Å². The molecule has 1 aromatic rings. The maximum atomic E-state index is 12.3. The van der Waals surface area contributed by atoms with Crippen LogP contribution >= 0.6 is 15.9 Å². The molecule has 0 amide bonds. The molecule has 6 heteroatoms. The first-order valence-electron chi connectivity index (χ1n) is 6.74. The predicted molar refractivity (Wildman–Crippen MR) is 83.3 cm³/mol. The fraction of sp³-hybridized carbons (Fsp3) is 0.312. The van der Waals surface area contributed by atoms with Crippen LogP contribution in [0.25, 0.3) is 0 Å². The van der Waals surface area contributed by atoms with E-state index < -0.39 is 17.9 Å². The average molecular weight is 360 g/mol. The molecule has 1 aromatic carbocycles. The Labute approximate surface area is 137 Å². The summed E-state index contributed by atoms with van der Waals surface area (Å²) in [7, 11) is 1.64. The Kier molecular flexibility index (Phi) is 4.85. The highest BCUT2D eigenvalue weighted by Gasteiger charge is 2.45. The van der Waals surface area contributed by atoms with E-state index >= 15 is 0 Å². The summed E-state index contributed by atoms with van der Waals surface area (Å²) >= 11 is 3.36. The largest absolute Gasteiger partial charge is 0.464 e. The number of allylic oxidation sites excluding steroid dienone is 1. The Hall–Kier alpha value is -2.31. The standard InChI is InChI=1S/C16H14BrN3O2/c1-3-22-16(21)15-14(10-4-6-11(17)7-5-10)12(8-18)13(9-19)20(15)2/h4-7,14-15H,3H2,1-2H3. The van der Waals surface area contributed by atoms with Gasteiger partial charge in [0.2, 0.25) is 0 Å². The Balaban J connectivity index is 2.55. The van der Waals surface area contributed by atoms with Crippen molar-refractivity contribution in [3.05, 3.63) is 45.6 Å². The Bertz CT molecular complexity index is 698. The first-order chi connectivity index (χ1) is 10.5. The van der Waals surface area contributed by atoms with Crippen molar-refractivity contribution >= 4 is 21.9 Å². The van der Waals surface area contributed by atoms with Gasteiger partial charge in [-0.25, -0.2) is 4.79 Å². The van der Waals surface area contributed by atoms with Gasteiger partial charge in [-0.15, -0.1) is 0 Å². The van der Waals surface area contributed by atoms with Crippen LogP contribution in [0.2, 0.25) is 0 Å². The lowest BCUT2D eigenvalue weighted by Gasteiger charge is -2.25. The number of nitrogens with zero attached hydrogens (tertiary/aromatic N) is 3. The molecular weight excluding hydrogens is 346 g/mol. The minimum atomic E-state index is -0.703. The third kappa shape index (κ3) is 2.70. The number of carbonyl (C=O) groups excluding carboxylic acids is 1. The number of esters is 1. The smallest absolute Gasteiger partial charge is 0.329 e. The molecule has 112 valence electrons. The number of benzene rings is 1. The van der Waals surface area contributed by atoms with Gasteiger partial charge in [0.05, 0.1) is 24.2 Å². The number of nitriles is 2. The highest BCUT2D eigenvalue weighted by molar-refractivity contribution is 9.10. The molecule has 2 rings (SSSR count). The third-order valence-electron chi connectivity index (χ3n) is 3.64. The topological polar surface area (TPSA) is 77.1 Å². The Morgan fingerprint density at radius 1 is 1.32 bits per heavy atom. The van der Waals surface area contributed by atoms with Gasteiger partial charge in [0, 0.05) is 11.5 Å². The molecule has 0 fully saturated rings. The summed E-state index contributed by atoms with van der Waals surface area (Å²) in [6, 6.07) is 10.8. The molecule has 0 N–H and O–H groups in total. The molecular formula is C16H14BrN3O2. The number of carbonyl (C=O) groups is 1. The number of hydrogen-bond acceptors (Lipinski definition) is 5. The van der Waals surface area contributed by atoms with Gasteiger partial charge in [-0.1, -0.05) is 28.1 Å². The quantitative estimate of drug-likeness (QED) is 0.775. The van der Waals surface area contributed by atoms with Gasteiger partial charge < -0.3 is 9.64 Å². The predicted octanol–water partition coefficient (Wildman–Crippen LogP) is 2.71. The lowest BCUT2D eigenvalue weighted by Crippen LogP contribution is -2.39. The first-order valence-corrected chi connectivity index (χ1v) is 7.53. The van der Waals surface area contributed by atoms with Gasteiger partial charge in [0.25, 0.3) is 0 Å². The van der Waals surface area contributed by atoms with Crippen LogP contribution in [0.15, 0.2) is 40.0 Å². The Morgan fingerprint density at radius 2 is 1.95 bits per heavy atom. The zero-order valence-corrected chi connectivity index (χ0v) is 13.8. The highest BCUT2D eigenvalue weighted by Crippen LogP contribution is 2.40. The van der Waals surface area contributed by atoms with Gasteiger partial charge in [0.1, 0.15) is 17.8 Å². The molecule has 1 heterocycles. The van der Waals surface area contributed by atoms with Crippen molar-refractivity contribution in [1.82, 2.24) is 4.90 Å². The van der Waals surface area contributed by atoms with E-state index in [1.807, 2.05) is 30.3 Å². The van der Waals surface area contributed by atoms with E-state index in [2.05, 4.69) is 22.0 Å².